The summed E-state index contributed by atoms with van der Waals surface area (Å²) in [5.74, 6) is 0. The second kappa shape index (κ2) is 9.94. The van der Waals surface area contributed by atoms with Crippen LogP contribution in [0.5, 0.6) is 0 Å². The molecule has 4 N–H and O–H groups in total. The van der Waals surface area contributed by atoms with Gasteiger partial charge in [0.25, 0.3) is 0 Å². The molecule has 1 aliphatic heterocycles. The van der Waals surface area contributed by atoms with E-state index in [1.54, 1.807) is 17.4 Å². The number of anilines is 2. The highest BCUT2D eigenvalue weighted by Gasteiger charge is 2.50. The smallest absolute Gasteiger partial charge is 0.143 e. The summed E-state index contributed by atoms with van der Waals surface area (Å²) in [5.41, 5.74) is 13.1. The maximum absolute atomic E-state index is 10.1. The summed E-state index contributed by atoms with van der Waals surface area (Å²) in [5, 5.41) is 39.3. The molecule has 0 unspecified atom stereocenters. The molecule has 1 saturated carbocycles. The predicted octanol–water partition coefficient (Wildman–Crippen LogP) is 5.42. The van der Waals surface area contributed by atoms with Gasteiger partial charge < -0.3 is 16.1 Å². The van der Waals surface area contributed by atoms with Crippen molar-refractivity contribution in [2.45, 2.75) is 45.2 Å². The Balaban J connectivity index is 1.48. The summed E-state index contributed by atoms with van der Waals surface area (Å²) in [6.07, 6.45) is 5.04. The van der Waals surface area contributed by atoms with Crippen LogP contribution in [0, 0.1) is 39.4 Å². The molecule has 41 heavy (non-hydrogen) atoms. The second-order valence-electron chi connectivity index (χ2n) is 11.6. The number of hydrazine groups is 2. The summed E-state index contributed by atoms with van der Waals surface area (Å²) in [6, 6.07) is 16.3. The molecule has 0 spiro atoms. The molecule has 2 aromatic carbocycles. The van der Waals surface area contributed by atoms with Gasteiger partial charge in [-0.05, 0) is 42.0 Å². The van der Waals surface area contributed by atoms with E-state index in [0.717, 1.165) is 34.3 Å². The van der Waals surface area contributed by atoms with Gasteiger partial charge in [0, 0.05) is 30.0 Å². The Kier molecular flexibility index (Phi) is 6.38. The maximum atomic E-state index is 10.1. The van der Waals surface area contributed by atoms with Gasteiger partial charge in [0.2, 0.25) is 0 Å². The van der Waals surface area contributed by atoms with E-state index in [1.807, 2.05) is 34.9 Å². The zero-order valence-electron chi connectivity index (χ0n) is 22.9. The number of nitriles is 3. The lowest BCUT2D eigenvalue weighted by Crippen LogP contribution is -2.44. The Hall–Kier alpha value is -4.89. The molecule has 0 radical (unpaired) electrons. The molecule has 6 rings (SSSR count). The van der Waals surface area contributed by atoms with Gasteiger partial charge in [0.15, 0.2) is 0 Å². The van der Waals surface area contributed by atoms with E-state index in [-0.39, 0.29) is 11.5 Å². The van der Waals surface area contributed by atoms with Crippen molar-refractivity contribution in [1.82, 2.24) is 25.9 Å². The molecule has 0 saturated heterocycles. The molecular formula is C30H28N10S. The third-order valence-electron chi connectivity index (χ3n) is 7.31. The summed E-state index contributed by atoms with van der Waals surface area (Å²) >= 11 is 1.56. The Morgan fingerprint density at radius 2 is 1.93 bits per heavy atom. The quantitative estimate of drug-likeness (QED) is 0.231. The van der Waals surface area contributed by atoms with E-state index >= 15 is 0 Å². The van der Waals surface area contributed by atoms with Gasteiger partial charge in [-0.1, -0.05) is 32.9 Å². The molecular weight excluding hydrogens is 532 g/mol. The van der Waals surface area contributed by atoms with Crippen LogP contribution in [-0.2, 0) is 0 Å². The fourth-order valence-electron chi connectivity index (χ4n) is 4.96. The van der Waals surface area contributed by atoms with Gasteiger partial charge in [-0.2, -0.15) is 15.8 Å². The average Bonchev–Trinajstić information content (AvgIpc) is 3.35. The molecule has 0 bridgehead atoms. The number of hydrogen-bond donors (Lipinski definition) is 4. The fraction of sp³-hybridized carbons (Fsp3) is 0.300. The highest BCUT2D eigenvalue weighted by atomic mass is 32.1. The van der Waals surface area contributed by atoms with E-state index in [2.05, 4.69) is 76.6 Å². The van der Waals surface area contributed by atoms with E-state index < -0.39 is 5.54 Å². The lowest BCUT2D eigenvalue weighted by atomic mass is 9.96. The summed E-state index contributed by atoms with van der Waals surface area (Å²) < 4.78 is 1.04. The average molecular weight is 561 g/mol. The van der Waals surface area contributed by atoms with Crippen LogP contribution >= 0.6 is 11.3 Å². The molecule has 3 heterocycles. The van der Waals surface area contributed by atoms with E-state index in [9.17, 15) is 15.8 Å². The van der Waals surface area contributed by atoms with Gasteiger partial charge in [-0.25, -0.2) is 4.98 Å². The van der Waals surface area contributed by atoms with Gasteiger partial charge in [-0.15, -0.1) is 16.9 Å². The Morgan fingerprint density at radius 1 is 1.12 bits per heavy atom. The first-order chi connectivity index (χ1) is 19.7. The van der Waals surface area contributed by atoms with Crippen molar-refractivity contribution in [3.05, 3.63) is 70.6 Å². The summed E-state index contributed by atoms with van der Waals surface area (Å²) in [7, 11) is 0. The van der Waals surface area contributed by atoms with E-state index in [0.29, 0.717) is 39.9 Å². The molecule has 204 valence electrons. The van der Waals surface area contributed by atoms with Crippen LogP contribution in [0.25, 0.3) is 21.1 Å². The zero-order valence-corrected chi connectivity index (χ0v) is 23.7. The third kappa shape index (κ3) is 4.85. The number of pyridine rings is 1. The number of aromatic nitrogens is 2. The minimum Gasteiger partial charge on any atom is -0.383 e. The lowest BCUT2D eigenvalue weighted by molar-refractivity contribution is 0.217. The van der Waals surface area contributed by atoms with Gasteiger partial charge in [-0.3, -0.25) is 9.99 Å². The van der Waals surface area contributed by atoms with Crippen molar-refractivity contribution in [2.24, 2.45) is 5.41 Å². The maximum Gasteiger partial charge on any atom is 0.143 e. The molecule has 1 aliphatic carbocycles. The highest BCUT2D eigenvalue weighted by Crippen LogP contribution is 2.43. The number of fused-ring (bicyclic) bond motifs is 2. The fourth-order valence-corrected chi connectivity index (χ4v) is 5.79. The van der Waals surface area contributed by atoms with Gasteiger partial charge >= 0.3 is 0 Å². The third-order valence-corrected chi connectivity index (χ3v) is 8.20. The first-order valence-corrected chi connectivity index (χ1v) is 14.2. The number of hydrogen-bond acceptors (Lipinski definition) is 11. The minimum atomic E-state index is -0.556. The molecule has 11 heteroatoms. The molecule has 4 aromatic rings. The molecule has 2 aromatic heterocycles. The van der Waals surface area contributed by atoms with E-state index in [4.69, 9.17) is 0 Å². The number of nitrogens with zero attached hydrogens (tertiary/aromatic N) is 6. The van der Waals surface area contributed by atoms with Crippen molar-refractivity contribution in [2.75, 3.05) is 17.2 Å². The first-order valence-electron chi connectivity index (χ1n) is 13.3. The van der Waals surface area contributed by atoms with Crippen molar-refractivity contribution >= 4 is 43.8 Å². The molecule has 1 fully saturated rings. The SMILES string of the molecule is CC(C)(C)CNc1c(C#N)cnc2c(C#N)cc(N[C@H](C3=CN(C4(C#N)CC4)NN3)c3cccc4ncsc34)cc12. The van der Waals surface area contributed by atoms with Crippen LogP contribution in [-0.4, -0.2) is 27.1 Å². The molecule has 10 nitrogen and oxygen atoms in total. The number of nitrogens with one attached hydrogen (secondary N) is 4. The lowest BCUT2D eigenvalue weighted by Gasteiger charge is -2.24. The Morgan fingerprint density at radius 3 is 2.63 bits per heavy atom. The van der Waals surface area contributed by atoms with Crippen LogP contribution in [0.3, 0.4) is 0 Å². The van der Waals surface area contributed by atoms with Crippen molar-refractivity contribution in [3.63, 3.8) is 0 Å². The Labute approximate surface area is 241 Å². The molecule has 0 amide bonds. The summed E-state index contributed by atoms with van der Waals surface area (Å²) in [6.45, 7) is 6.98. The highest BCUT2D eigenvalue weighted by molar-refractivity contribution is 7.17. The van der Waals surface area contributed by atoms with Gasteiger partial charge in [0.05, 0.1) is 55.9 Å². The van der Waals surface area contributed by atoms with Crippen LogP contribution in [0.2, 0.25) is 0 Å². The molecule has 2 aliphatic rings. The second-order valence-corrected chi connectivity index (χ2v) is 12.4. The van der Waals surface area contributed by atoms with Crippen LogP contribution < -0.4 is 21.6 Å². The number of benzene rings is 2. The van der Waals surface area contributed by atoms with Crippen LogP contribution in [0.1, 0.15) is 56.3 Å². The monoisotopic (exact) mass is 560 g/mol. The molecule has 1 atom stereocenters. The standard InChI is InChI=1S/C30H28N10S/c1-29(2,3)16-35-26-19(12-32)13-34-25-18(11-31)9-20(10-22(25)26)37-27(21-5-4-6-23-28(21)41-17-36-23)24-14-40(39-38-24)30(15-33)7-8-30/h4-6,9-10,13-14,17,27,37-39H,7-8,16H2,1-3H3,(H,34,35)/t27-/m0/s1. The summed E-state index contributed by atoms with van der Waals surface area (Å²) in [4.78, 5) is 8.98. The Bertz CT molecular complexity index is 1820. The van der Waals surface area contributed by atoms with Crippen LogP contribution in [0.15, 0.2) is 53.9 Å². The van der Waals surface area contributed by atoms with Crippen molar-refractivity contribution in [1.29, 1.82) is 15.8 Å². The van der Waals surface area contributed by atoms with E-state index in [1.165, 1.54) is 6.20 Å². The van der Waals surface area contributed by atoms with Crippen LogP contribution in [0.4, 0.5) is 11.4 Å². The van der Waals surface area contributed by atoms with Crippen molar-refractivity contribution < 1.29 is 0 Å². The number of rotatable bonds is 7. The first kappa shape index (κ1) is 26.3. The van der Waals surface area contributed by atoms with Crippen molar-refractivity contribution in [3.8, 4) is 18.2 Å². The largest absolute Gasteiger partial charge is 0.383 e. The number of thiazole rings is 1. The van der Waals surface area contributed by atoms with Gasteiger partial charge in [0.1, 0.15) is 17.7 Å². The topological polar surface area (TPSA) is 149 Å². The zero-order chi connectivity index (χ0) is 28.8. The predicted molar refractivity (Wildman–Crippen MR) is 159 cm³/mol. The normalized spacial score (nSPS) is 16.3. The minimum absolute atomic E-state index is 0.0312.